The summed E-state index contributed by atoms with van der Waals surface area (Å²) in [5.41, 5.74) is 0. The summed E-state index contributed by atoms with van der Waals surface area (Å²) in [6.07, 6.45) is 11.0. The highest BCUT2D eigenvalue weighted by atomic mass is 16.4. The van der Waals surface area contributed by atoms with Crippen LogP contribution < -0.4 is 0 Å². The topological polar surface area (TPSA) is 77.8 Å². The monoisotopic (exact) mass is 301 g/mol. The number of unbranched alkanes of at least 4 members (excludes halogenated alkanes) is 8. The minimum absolute atomic E-state index is 0.0998. The molecule has 0 aromatic carbocycles. The van der Waals surface area contributed by atoms with Crippen molar-refractivity contribution < 1.29 is 19.8 Å². The third kappa shape index (κ3) is 12.4. The van der Waals surface area contributed by atoms with Gasteiger partial charge in [0.2, 0.25) is 5.91 Å². The average Bonchev–Trinajstić information content (AvgIpc) is 2.44. The minimum atomic E-state index is -1.04. The first-order chi connectivity index (χ1) is 10.1. The largest absolute Gasteiger partial charge is 0.480 e. The molecule has 124 valence electrons. The summed E-state index contributed by atoms with van der Waals surface area (Å²) in [7, 11) is 0. The molecule has 0 radical (unpaired) electrons. The molecule has 21 heavy (non-hydrogen) atoms. The van der Waals surface area contributed by atoms with E-state index in [-0.39, 0.29) is 25.6 Å². The van der Waals surface area contributed by atoms with Crippen LogP contribution in [-0.2, 0) is 9.59 Å². The molecule has 5 nitrogen and oxygen atoms in total. The van der Waals surface area contributed by atoms with Crippen LogP contribution in [0.5, 0.6) is 0 Å². The van der Waals surface area contributed by atoms with Crippen LogP contribution in [0.2, 0.25) is 0 Å². The highest BCUT2D eigenvalue weighted by molar-refractivity contribution is 5.81. The van der Waals surface area contributed by atoms with Gasteiger partial charge in [-0.25, -0.2) is 0 Å². The fourth-order valence-corrected chi connectivity index (χ4v) is 2.32. The molecule has 0 bridgehead atoms. The molecule has 2 N–H and O–H groups in total. The molecule has 0 atom stereocenters. The Morgan fingerprint density at radius 1 is 0.905 bits per heavy atom. The maximum Gasteiger partial charge on any atom is 0.323 e. The Kier molecular flexibility index (Phi) is 13.1. The number of rotatable bonds is 14. The second-order valence-corrected chi connectivity index (χ2v) is 5.51. The van der Waals surface area contributed by atoms with Gasteiger partial charge in [-0.15, -0.1) is 0 Å². The van der Waals surface area contributed by atoms with Gasteiger partial charge in [0, 0.05) is 13.0 Å². The van der Waals surface area contributed by atoms with Gasteiger partial charge in [0.1, 0.15) is 6.54 Å². The first-order valence-corrected chi connectivity index (χ1v) is 8.22. The van der Waals surface area contributed by atoms with E-state index in [0.717, 1.165) is 19.3 Å². The molecular formula is C16H31NO4. The van der Waals surface area contributed by atoms with Crippen molar-refractivity contribution in [1.82, 2.24) is 4.90 Å². The fraction of sp³-hybridized carbons (Fsp3) is 0.875. The fourth-order valence-electron chi connectivity index (χ4n) is 2.32. The maximum atomic E-state index is 11.8. The number of carboxylic acids is 1. The Bertz CT molecular complexity index is 281. The van der Waals surface area contributed by atoms with E-state index in [0.29, 0.717) is 6.42 Å². The highest BCUT2D eigenvalue weighted by Crippen LogP contribution is 2.11. The van der Waals surface area contributed by atoms with Gasteiger partial charge in [-0.2, -0.15) is 0 Å². The van der Waals surface area contributed by atoms with Crippen molar-refractivity contribution in [1.29, 1.82) is 0 Å². The van der Waals surface area contributed by atoms with Gasteiger partial charge in [-0.05, 0) is 6.42 Å². The minimum Gasteiger partial charge on any atom is -0.480 e. The second kappa shape index (κ2) is 13.9. The predicted octanol–water partition coefficient (Wildman–Crippen LogP) is 2.81. The Morgan fingerprint density at radius 3 is 1.90 bits per heavy atom. The molecule has 0 spiro atoms. The van der Waals surface area contributed by atoms with Crippen LogP contribution in [0.4, 0.5) is 0 Å². The number of carbonyl (C=O) groups excluding carboxylic acids is 1. The maximum absolute atomic E-state index is 11.8. The molecule has 0 saturated carbocycles. The summed E-state index contributed by atoms with van der Waals surface area (Å²) in [6, 6.07) is 0. The van der Waals surface area contributed by atoms with E-state index in [1.165, 1.54) is 43.4 Å². The van der Waals surface area contributed by atoms with Gasteiger partial charge in [-0.3, -0.25) is 9.59 Å². The third-order valence-corrected chi connectivity index (χ3v) is 3.54. The Balaban J connectivity index is 3.60. The molecule has 0 rings (SSSR count). The molecule has 0 aromatic rings. The number of hydrogen-bond donors (Lipinski definition) is 2. The molecule has 0 aliphatic rings. The van der Waals surface area contributed by atoms with Crippen molar-refractivity contribution in [2.75, 3.05) is 19.7 Å². The lowest BCUT2D eigenvalue weighted by Gasteiger charge is -2.19. The number of aliphatic hydroxyl groups excluding tert-OH is 1. The van der Waals surface area contributed by atoms with E-state index in [2.05, 4.69) is 6.92 Å². The summed E-state index contributed by atoms with van der Waals surface area (Å²) in [5, 5.41) is 17.6. The summed E-state index contributed by atoms with van der Waals surface area (Å²) >= 11 is 0. The molecule has 0 unspecified atom stereocenters. The molecule has 0 saturated heterocycles. The van der Waals surface area contributed by atoms with Gasteiger partial charge in [0.25, 0.3) is 0 Å². The molecule has 1 amide bonds. The molecule has 0 heterocycles. The van der Waals surface area contributed by atoms with Crippen molar-refractivity contribution in [2.45, 2.75) is 71.1 Å². The number of hydrogen-bond acceptors (Lipinski definition) is 3. The third-order valence-electron chi connectivity index (χ3n) is 3.54. The number of nitrogens with zero attached hydrogens (tertiary/aromatic N) is 1. The van der Waals surface area contributed by atoms with Crippen LogP contribution in [0.15, 0.2) is 0 Å². The number of carbonyl (C=O) groups is 2. The van der Waals surface area contributed by atoms with Gasteiger partial charge in [-0.1, -0.05) is 58.3 Å². The van der Waals surface area contributed by atoms with Crippen LogP contribution in [0.1, 0.15) is 71.1 Å². The van der Waals surface area contributed by atoms with Gasteiger partial charge >= 0.3 is 5.97 Å². The van der Waals surface area contributed by atoms with Gasteiger partial charge in [0.15, 0.2) is 0 Å². The van der Waals surface area contributed by atoms with E-state index in [4.69, 9.17) is 10.2 Å². The van der Waals surface area contributed by atoms with E-state index in [1.807, 2.05) is 0 Å². The first-order valence-electron chi connectivity index (χ1n) is 8.22. The van der Waals surface area contributed by atoms with Crippen molar-refractivity contribution in [3.05, 3.63) is 0 Å². The lowest BCUT2D eigenvalue weighted by molar-refractivity contribution is -0.144. The normalized spacial score (nSPS) is 10.6. The SMILES string of the molecule is CCCCCCCCCCCC(=O)N(CCO)CC(=O)O. The Labute approximate surface area is 128 Å². The molecule has 0 fully saturated rings. The number of amides is 1. The van der Waals surface area contributed by atoms with E-state index < -0.39 is 5.97 Å². The van der Waals surface area contributed by atoms with Gasteiger partial charge < -0.3 is 15.1 Å². The Morgan fingerprint density at radius 2 is 1.43 bits per heavy atom. The van der Waals surface area contributed by atoms with E-state index in [9.17, 15) is 9.59 Å². The van der Waals surface area contributed by atoms with E-state index in [1.54, 1.807) is 0 Å². The lowest BCUT2D eigenvalue weighted by Crippen LogP contribution is -2.37. The van der Waals surface area contributed by atoms with E-state index >= 15 is 0 Å². The predicted molar refractivity (Wildman–Crippen MR) is 83.1 cm³/mol. The average molecular weight is 301 g/mol. The number of carboxylic acid groups (broad SMARTS) is 1. The zero-order chi connectivity index (χ0) is 15.9. The summed E-state index contributed by atoms with van der Waals surface area (Å²) in [4.78, 5) is 23.7. The second-order valence-electron chi connectivity index (χ2n) is 5.51. The van der Waals surface area contributed by atoms with Crippen LogP contribution in [0.25, 0.3) is 0 Å². The molecular weight excluding hydrogens is 270 g/mol. The first kappa shape index (κ1) is 19.9. The lowest BCUT2D eigenvalue weighted by atomic mass is 10.1. The number of aliphatic carboxylic acids is 1. The van der Waals surface area contributed by atoms with Crippen molar-refractivity contribution in [3.63, 3.8) is 0 Å². The molecule has 0 aliphatic heterocycles. The summed E-state index contributed by atoms with van der Waals surface area (Å²) in [6.45, 7) is 1.79. The van der Waals surface area contributed by atoms with Crippen molar-refractivity contribution in [3.8, 4) is 0 Å². The Hall–Kier alpha value is -1.10. The van der Waals surface area contributed by atoms with Crippen LogP contribution >= 0.6 is 0 Å². The van der Waals surface area contributed by atoms with Crippen LogP contribution in [-0.4, -0.2) is 46.7 Å². The standard InChI is InChI=1S/C16H31NO4/c1-2-3-4-5-6-7-8-9-10-11-15(19)17(12-13-18)14-16(20)21/h18H,2-14H2,1H3,(H,20,21). The number of aliphatic hydroxyl groups is 1. The van der Waals surface area contributed by atoms with Crippen molar-refractivity contribution in [2.24, 2.45) is 0 Å². The highest BCUT2D eigenvalue weighted by Gasteiger charge is 2.15. The smallest absolute Gasteiger partial charge is 0.323 e. The summed E-state index contributed by atoms with van der Waals surface area (Å²) in [5.74, 6) is -1.21. The van der Waals surface area contributed by atoms with Crippen LogP contribution in [0.3, 0.4) is 0 Å². The summed E-state index contributed by atoms with van der Waals surface area (Å²) < 4.78 is 0. The van der Waals surface area contributed by atoms with Gasteiger partial charge in [0.05, 0.1) is 6.61 Å². The zero-order valence-corrected chi connectivity index (χ0v) is 13.4. The quantitative estimate of drug-likeness (QED) is 0.484. The molecule has 0 aliphatic carbocycles. The molecule has 5 heteroatoms. The van der Waals surface area contributed by atoms with Crippen molar-refractivity contribution >= 4 is 11.9 Å². The van der Waals surface area contributed by atoms with Crippen LogP contribution in [0, 0.1) is 0 Å². The zero-order valence-electron chi connectivity index (χ0n) is 13.4. The molecule has 0 aromatic heterocycles.